The van der Waals surface area contributed by atoms with Gasteiger partial charge in [0.2, 0.25) is 5.13 Å². The highest BCUT2D eigenvalue weighted by Gasteiger charge is 2.22. The summed E-state index contributed by atoms with van der Waals surface area (Å²) in [6.45, 7) is 2.64. The first kappa shape index (κ1) is 15.2. The predicted molar refractivity (Wildman–Crippen MR) is 92.3 cm³/mol. The highest BCUT2D eigenvalue weighted by Crippen LogP contribution is 2.32. The van der Waals surface area contributed by atoms with Gasteiger partial charge in [-0.3, -0.25) is 15.1 Å². The Kier molecular flexibility index (Phi) is 3.95. The van der Waals surface area contributed by atoms with E-state index in [-0.39, 0.29) is 12.0 Å². The van der Waals surface area contributed by atoms with Crippen molar-refractivity contribution in [2.45, 2.75) is 25.9 Å². The average Bonchev–Trinajstić information content (AvgIpc) is 3.25. The number of hydrogen-bond acceptors (Lipinski definition) is 6. The van der Waals surface area contributed by atoms with E-state index in [0.717, 1.165) is 41.1 Å². The second-order valence-electron chi connectivity index (χ2n) is 5.73. The van der Waals surface area contributed by atoms with Crippen LogP contribution in [0, 0.1) is 6.92 Å². The summed E-state index contributed by atoms with van der Waals surface area (Å²) in [5.41, 5.74) is 2.20. The third-order valence-corrected chi connectivity index (χ3v) is 4.89. The van der Waals surface area contributed by atoms with E-state index < -0.39 is 0 Å². The first-order chi connectivity index (χ1) is 11.7. The molecule has 1 amide bonds. The van der Waals surface area contributed by atoms with Gasteiger partial charge in [-0.1, -0.05) is 29.5 Å². The Hall–Kier alpha value is -2.38. The molecular weight excluding hydrogens is 324 g/mol. The Labute approximate surface area is 142 Å². The maximum absolute atomic E-state index is 12.7. The Bertz CT molecular complexity index is 902. The molecule has 0 saturated carbocycles. The lowest BCUT2D eigenvalue weighted by molar-refractivity contribution is 0.102. The predicted octanol–water partition coefficient (Wildman–Crippen LogP) is 3.50. The first-order valence-electron chi connectivity index (χ1n) is 7.83. The number of ether oxygens (including phenoxy) is 1. The van der Waals surface area contributed by atoms with Gasteiger partial charge in [0.05, 0.1) is 11.1 Å². The van der Waals surface area contributed by atoms with Crippen LogP contribution in [0.5, 0.6) is 0 Å². The summed E-state index contributed by atoms with van der Waals surface area (Å²) in [5.74, 6) is -0.202. The Balaban J connectivity index is 1.60. The second kappa shape index (κ2) is 6.26. The van der Waals surface area contributed by atoms with Crippen LogP contribution in [0.15, 0.2) is 30.3 Å². The molecule has 1 aliphatic heterocycles. The molecule has 7 heteroatoms. The summed E-state index contributed by atoms with van der Waals surface area (Å²) in [6.07, 6.45) is 2.00. The molecule has 1 aromatic carbocycles. The van der Waals surface area contributed by atoms with Gasteiger partial charge >= 0.3 is 0 Å². The fourth-order valence-corrected chi connectivity index (χ4v) is 3.67. The number of fused-ring (bicyclic) bond motifs is 1. The van der Waals surface area contributed by atoms with Crippen molar-refractivity contribution < 1.29 is 9.53 Å². The number of carbonyl (C=O) groups excluding carboxylic acids is 1. The van der Waals surface area contributed by atoms with Gasteiger partial charge in [-0.2, -0.15) is 0 Å². The molecule has 0 spiro atoms. The summed E-state index contributed by atoms with van der Waals surface area (Å²) < 4.78 is 5.60. The van der Waals surface area contributed by atoms with E-state index >= 15 is 0 Å². The molecule has 1 N–H and O–H groups in total. The van der Waals surface area contributed by atoms with E-state index in [2.05, 4.69) is 20.5 Å². The number of nitrogens with zero attached hydrogens (tertiary/aromatic N) is 3. The van der Waals surface area contributed by atoms with Gasteiger partial charge in [-0.05, 0) is 31.9 Å². The summed E-state index contributed by atoms with van der Waals surface area (Å²) in [6, 6.07) is 9.40. The molecule has 1 saturated heterocycles. The summed E-state index contributed by atoms with van der Waals surface area (Å²) >= 11 is 1.37. The number of aryl methyl sites for hydroxylation is 1. The van der Waals surface area contributed by atoms with Gasteiger partial charge in [0.1, 0.15) is 11.1 Å². The highest BCUT2D eigenvalue weighted by molar-refractivity contribution is 7.15. The van der Waals surface area contributed by atoms with Gasteiger partial charge in [-0.25, -0.2) is 0 Å². The minimum absolute atomic E-state index is 0.0113. The third-order valence-electron chi connectivity index (χ3n) is 3.96. The van der Waals surface area contributed by atoms with Crippen molar-refractivity contribution in [1.82, 2.24) is 15.2 Å². The molecule has 3 aromatic rings. The first-order valence-corrected chi connectivity index (χ1v) is 8.65. The summed E-state index contributed by atoms with van der Waals surface area (Å²) in [7, 11) is 0. The quantitative estimate of drug-likeness (QED) is 0.789. The molecule has 0 unspecified atom stereocenters. The zero-order valence-electron chi connectivity index (χ0n) is 13.2. The van der Waals surface area contributed by atoms with Gasteiger partial charge in [-0.15, -0.1) is 10.2 Å². The molecule has 4 rings (SSSR count). The Morgan fingerprint density at radius 1 is 1.33 bits per heavy atom. The molecule has 1 atom stereocenters. The van der Waals surface area contributed by atoms with Crippen LogP contribution in [-0.2, 0) is 4.74 Å². The molecule has 122 valence electrons. The van der Waals surface area contributed by atoms with Gasteiger partial charge in [0.25, 0.3) is 5.91 Å². The maximum Gasteiger partial charge on any atom is 0.258 e. The number of amides is 1. The van der Waals surface area contributed by atoms with Crippen LogP contribution in [-0.4, -0.2) is 27.7 Å². The number of para-hydroxylation sites is 1. The molecule has 0 aliphatic carbocycles. The van der Waals surface area contributed by atoms with E-state index in [1.54, 1.807) is 6.07 Å². The van der Waals surface area contributed by atoms with Crippen molar-refractivity contribution in [1.29, 1.82) is 0 Å². The minimum atomic E-state index is -0.202. The lowest BCUT2D eigenvalue weighted by Gasteiger charge is -2.07. The molecule has 1 aliphatic rings. The fourth-order valence-electron chi connectivity index (χ4n) is 2.85. The normalized spacial score (nSPS) is 17.3. The van der Waals surface area contributed by atoms with Crippen LogP contribution in [0.25, 0.3) is 10.9 Å². The van der Waals surface area contributed by atoms with Crippen molar-refractivity contribution >= 4 is 33.3 Å². The van der Waals surface area contributed by atoms with Crippen molar-refractivity contribution in [2.24, 2.45) is 0 Å². The number of rotatable bonds is 3. The number of carbonyl (C=O) groups is 1. The average molecular weight is 340 g/mol. The molecule has 0 bridgehead atoms. The van der Waals surface area contributed by atoms with E-state index in [0.29, 0.717) is 10.7 Å². The molecule has 24 heavy (non-hydrogen) atoms. The number of anilines is 1. The van der Waals surface area contributed by atoms with E-state index in [1.165, 1.54) is 11.3 Å². The number of hydrogen-bond donors (Lipinski definition) is 1. The molecule has 2 aromatic heterocycles. The van der Waals surface area contributed by atoms with Crippen LogP contribution in [0.1, 0.15) is 40.0 Å². The van der Waals surface area contributed by atoms with E-state index in [1.807, 2.05) is 31.2 Å². The lowest BCUT2D eigenvalue weighted by Crippen LogP contribution is -2.13. The summed E-state index contributed by atoms with van der Waals surface area (Å²) in [4.78, 5) is 17.1. The van der Waals surface area contributed by atoms with Gasteiger partial charge in [0.15, 0.2) is 0 Å². The molecule has 3 heterocycles. The van der Waals surface area contributed by atoms with Crippen LogP contribution >= 0.6 is 11.3 Å². The van der Waals surface area contributed by atoms with Crippen molar-refractivity contribution in [3.05, 3.63) is 46.6 Å². The van der Waals surface area contributed by atoms with Crippen LogP contribution in [0.4, 0.5) is 5.13 Å². The van der Waals surface area contributed by atoms with E-state index in [4.69, 9.17) is 4.74 Å². The SMILES string of the molecule is Cc1cc(C(=O)Nc2nnc([C@@H]3CCCO3)s2)c2ccccc2n1. The number of pyridine rings is 1. The molecular formula is C17H16N4O2S. The van der Waals surface area contributed by atoms with Gasteiger partial charge in [0, 0.05) is 17.7 Å². The standard InChI is InChI=1S/C17H16N4O2S/c1-10-9-12(11-5-2-3-6-13(11)18-10)15(22)19-17-21-20-16(24-17)14-7-4-8-23-14/h2-3,5-6,9,14H,4,7-8H2,1H3,(H,19,21,22)/t14-/m0/s1. The zero-order valence-corrected chi connectivity index (χ0v) is 14.0. The summed E-state index contributed by atoms with van der Waals surface area (Å²) in [5, 5.41) is 13.2. The molecule has 6 nitrogen and oxygen atoms in total. The van der Waals surface area contributed by atoms with E-state index in [9.17, 15) is 4.79 Å². The monoisotopic (exact) mass is 340 g/mol. The minimum Gasteiger partial charge on any atom is -0.371 e. The smallest absolute Gasteiger partial charge is 0.258 e. The maximum atomic E-state index is 12.7. The topological polar surface area (TPSA) is 77.0 Å². The largest absolute Gasteiger partial charge is 0.371 e. The highest BCUT2D eigenvalue weighted by atomic mass is 32.1. The van der Waals surface area contributed by atoms with Crippen LogP contribution in [0.2, 0.25) is 0 Å². The van der Waals surface area contributed by atoms with Crippen molar-refractivity contribution in [3.8, 4) is 0 Å². The molecule has 1 fully saturated rings. The number of benzene rings is 1. The number of aromatic nitrogens is 3. The fraction of sp³-hybridized carbons (Fsp3) is 0.294. The lowest BCUT2D eigenvalue weighted by atomic mass is 10.1. The van der Waals surface area contributed by atoms with Crippen LogP contribution < -0.4 is 5.32 Å². The number of nitrogens with one attached hydrogen (secondary N) is 1. The third kappa shape index (κ3) is 2.88. The zero-order chi connectivity index (χ0) is 16.5. The molecule has 0 radical (unpaired) electrons. The Morgan fingerprint density at radius 2 is 2.21 bits per heavy atom. The van der Waals surface area contributed by atoms with Crippen molar-refractivity contribution in [3.63, 3.8) is 0 Å². The second-order valence-corrected chi connectivity index (χ2v) is 6.74. The Morgan fingerprint density at radius 3 is 3.04 bits per heavy atom. The van der Waals surface area contributed by atoms with Crippen molar-refractivity contribution in [2.75, 3.05) is 11.9 Å². The van der Waals surface area contributed by atoms with Gasteiger partial charge < -0.3 is 4.74 Å². The van der Waals surface area contributed by atoms with Crippen LogP contribution in [0.3, 0.4) is 0 Å².